The van der Waals surface area contributed by atoms with E-state index in [0.717, 1.165) is 18.8 Å². The third-order valence-corrected chi connectivity index (χ3v) is 3.20. The van der Waals surface area contributed by atoms with Crippen LogP contribution in [0.2, 0.25) is 0 Å². The van der Waals surface area contributed by atoms with Crippen molar-refractivity contribution >= 4 is 11.6 Å². The minimum atomic E-state index is 0.0131. The van der Waals surface area contributed by atoms with Crippen LogP contribution in [0.4, 0.5) is 5.69 Å². The molecule has 16 heavy (non-hydrogen) atoms. The molecule has 2 rings (SSSR count). The Morgan fingerprint density at radius 3 is 2.56 bits per heavy atom. The molecule has 1 saturated carbocycles. The maximum atomic E-state index is 11.9. The van der Waals surface area contributed by atoms with Gasteiger partial charge in [-0.05, 0) is 49.4 Å². The van der Waals surface area contributed by atoms with E-state index in [2.05, 4.69) is 12.2 Å². The van der Waals surface area contributed by atoms with Gasteiger partial charge in [-0.25, -0.2) is 0 Å². The predicted molar refractivity (Wildman–Crippen MR) is 65.1 cm³/mol. The topological polar surface area (TPSA) is 55.1 Å². The molecule has 0 radical (unpaired) electrons. The number of carbonyl (C=O) groups is 1. The van der Waals surface area contributed by atoms with Crippen LogP contribution in [0.1, 0.15) is 36.5 Å². The van der Waals surface area contributed by atoms with Gasteiger partial charge in [-0.15, -0.1) is 0 Å². The number of hydrogen-bond donors (Lipinski definition) is 2. The highest BCUT2D eigenvalue weighted by Crippen LogP contribution is 2.24. The first-order valence-electron chi connectivity index (χ1n) is 5.81. The summed E-state index contributed by atoms with van der Waals surface area (Å²) in [5.41, 5.74) is 6.95. The molecule has 1 amide bonds. The van der Waals surface area contributed by atoms with Crippen molar-refractivity contribution in [1.29, 1.82) is 0 Å². The van der Waals surface area contributed by atoms with E-state index in [1.807, 2.05) is 0 Å². The smallest absolute Gasteiger partial charge is 0.251 e. The summed E-state index contributed by atoms with van der Waals surface area (Å²) < 4.78 is 0. The zero-order valence-electron chi connectivity index (χ0n) is 9.57. The number of nitrogen functional groups attached to an aromatic ring is 1. The van der Waals surface area contributed by atoms with E-state index in [1.54, 1.807) is 24.3 Å². The molecule has 1 aromatic rings. The Bertz CT molecular complexity index is 372. The van der Waals surface area contributed by atoms with E-state index >= 15 is 0 Å². The summed E-state index contributed by atoms with van der Waals surface area (Å²) in [4.78, 5) is 11.9. The molecule has 2 atom stereocenters. The van der Waals surface area contributed by atoms with Crippen molar-refractivity contribution in [3.8, 4) is 0 Å². The van der Waals surface area contributed by atoms with E-state index in [-0.39, 0.29) is 5.91 Å². The molecular formula is C13H18N2O. The van der Waals surface area contributed by atoms with Gasteiger partial charge in [0, 0.05) is 17.3 Å². The molecule has 0 bridgehead atoms. The molecule has 1 fully saturated rings. The van der Waals surface area contributed by atoms with Crippen molar-refractivity contribution in [3.63, 3.8) is 0 Å². The average Bonchev–Trinajstić information content (AvgIpc) is 2.65. The van der Waals surface area contributed by atoms with E-state index in [1.165, 1.54) is 6.42 Å². The Labute approximate surface area is 96.0 Å². The van der Waals surface area contributed by atoms with Gasteiger partial charge in [0.1, 0.15) is 0 Å². The lowest BCUT2D eigenvalue weighted by atomic mass is 10.1. The lowest BCUT2D eigenvalue weighted by Gasteiger charge is -2.12. The molecular weight excluding hydrogens is 200 g/mol. The van der Waals surface area contributed by atoms with Crippen LogP contribution in [0.25, 0.3) is 0 Å². The average molecular weight is 218 g/mol. The predicted octanol–water partition coefficient (Wildman–Crippen LogP) is 2.19. The Balaban J connectivity index is 1.95. The molecule has 1 aromatic carbocycles. The van der Waals surface area contributed by atoms with E-state index in [9.17, 15) is 4.79 Å². The Morgan fingerprint density at radius 1 is 1.31 bits per heavy atom. The summed E-state index contributed by atoms with van der Waals surface area (Å²) >= 11 is 0. The zero-order chi connectivity index (χ0) is 11.5. The highest BCUT2D eigenvalue weighted by Gasteiger charge is 2.22. The summed E-state index contributed by atoms with van der Waals surface area (Å²) in [6, 6.07) is 7.39. The number of nitrogens with one attached hydrogen (secondary N) is 1. The monoisotopic (exact) mass is 218 g/mol. The molecule has 0 heterocycles. The largest absolute Gasteiger partial charge is 0.399 e. The molecule has 2 unspecified atom stereocenters. The second kappa shape index (κ2) is 4.56. The summed E-state index contributed by atoms with van der Waals surface area (Å²) in [6.45, 7) is 2.23. The van der Waals surface area contributed by atoms with Gasteiger partial charge in [0.05, 0.1) is 0 Å². The number of hydrogen-bond acceptors (Lipinski definition) is 2. The Kier molecular flexibility index (Phi) is 3.13. The first-order valence-corrected chi connectivity index (χ1v) is 5.81. The second-order valence-corrected chi connectivity index (χ2v) is 4.71. The van der Waals surface area contributed by atoms with Crippen molar-refractivity contribution < 1.29 is 4.79 Å². The third kappa shape index (κ3) is 2.54. The minimum absolute atomic E-state index is 0.0131. The lowest BCUT2D eigenvalue weighted by molar-refractivity contribution is 0.0937. The van der Waals surface area contributed by atoms with Crippen LogP contribution in [-0.2, 0) is 0 Å². The van der Waals surface area contributed by atoms with Gasteiger partial charge >= 0.3 is 0 Å². The highest BCUT2D eigenvalue weighted by molar-refractivity contribution is 5.94. The van der Waals surface area contributed by atoms with Crippen LogP contribution < -0.4 is 11.1 Å². The van der Waals surface area contributed by atoms with Gasteiger partial charge in [-0.2, -0.15) is 0 Å². The van der Waals surface area contributed by atoms with Crippen LogP contribution in [0.5, 0.6) is 0 Å². The summed E-state index contributed by atoms with van der Waals surface area (Å²) in [6.07, 6.45) is 3.41. The summed E-state index contributed by atoms with van der Waals surface area (Å²) in [5, 5.41) is 3.07. The fourth-order valence-electron chi connectivity index (χ4n) is 2.24. The molecule has 0 aromatic heterocycles. The fourth-order valence-corrected chi connectivity index (χ4v) is 2.24. The van der Waals surface area contributed by atoms with Gasteiger partial charge in [-0.1, -0.05) is 6.92 Å². The van der Waals surface area contributed by atoms with Gasteiger partial charge in [0.15, 0.2) is 0 Å². The van der Waals surface area contributed by atoms with Crippen LogP contribution in [0.15, 0.2) is 24.3 Å². The maximum absolute atomic E-state index is 11.9. The maximum Gasteiger partial charge on any atom is 0.251 e. The van der Waals surface area contributed by atoms with Crippen molar-refractivity contribution in [3.05, 3.63) is 29.8 Å². The first kappa shape index (κ1) is 11.0. The molecule has 3 N–H and O–H groups in total. The number of benzene rings is 1. The van der Waals surface area contributed by atoms with Gasteiger partial charge in [0.2, 0.25) is 0 Å². The third-order valence-electron chi connectivity index (χ3n) is 3.20. The zero-order valence-corrected chi connectivity index (χ0v) is 9.57. The number of anilines is 1. The van der Waals surface area contributed by atoms with E-state index in [0.29, 0.717) is 17.3 Å². The quantitative estimate of drug-likeness (QED) is 0.748. The van der Waals surface area contributed by atoms with E-state index < -0.39 is 0 Å². The van der Waals surface area contributed by atoms with Crippen molar-refractivity contribution in [2.24, 2.45) is 5.92 Å². The van der Waals surface area contributed by atoms with Crippen molar-refractivity contribution in [2.45, 2.75) is 32.2 Å². The van der Waals surface area contributed by atoms with Crippen molar-refractivity contribution in [2.75, 3.05) is 5.73 Å². The Morgan fingerprint density at radius 2 is 2.00 bits per heavy atom. The number of amides is 1. The van der Waals surface area contributed by atoms with Gasteiger partial charge < -0.3 is 11.1 Å². The van der Waals surface area contributed by atoms with Crippen LogP contribution in [0.3, 0.4) is 0 Å². The van der Waals surface area contributed by atoms with Crippen LogP contribution >= 0.6 is 0 Å². The molecule has 1 aliphatic carbocycles. The molecule has 86 valence electrons. The molecule has 0 aliphatic heterocycles. The standard InChI is InChI=1S/C13H18N2O/c1-9-2-7-12(8-9)15-13(16)10-3-5-11(14)6-4-10/h3-6,9,12H,2,7-8,14H2,1H3,(H,15,16). The van der Waals surface area contributed by atoms with Gasteiger partial charge in [0.25, 0.3) is 5.91 Å². The Hall–Kier alpha value is -1.51. The molecule has 3 heteroatoms. The minimum Gasteiger partial charge on any atom is -0.399 e. The number of carbonyl (C=O) groups excluding carboxylic acids is 1. The molecule has 0 spiro atoms. The molecule has 3 nitrogen and oxygen atoms in total. The van der Waals surface area contributed by atoms with Crippen molar-refractivity contribution in [1.82, 2.24) is 5.32 Å². The van der Waals surface area contributed by atoms with Crippen LogP contribution in [-0.4, -0.2) is 11.9 Å². The summed E-state index contributed by atoms with van der Waals surface area (Å²) in [5.74, 6) is 0.746. The number of rotatable bonds is 2. The highest BCUT2D eigenvalue weighted by atomic mass is 16.1. The first-order chi connectivity index (χ1) is 7.65. The van der Waals surface area contributed by atoms with Gasteiger partial charge in [-0.3, -0.25) is 4.79 Å². The SMILES string of the molecule is CC1CCC(NC(=O)c2ccc(N)cc2)C1. The molecule has 0 saturated heterocycles. The fraction of sp³-hybridized carbons (Fsp3) is 0.462. The van der Waals surface area contributed by atoms with E-state index in [4.69, 9.17) is 5.73 Å². The second-order valence-electron chi connectivity index (χ2n) is 4.71. The lowest BCUT2D eigenvalue weighted by Crippen LogP contribution is -2.32. The van der Waals surface area contributed by atoms with Crippen LogP contribution in [0, 0.1) is 5.92 Å². The normalized spacial score (nSPS) is 24.3. The number of nitrogens with two attached hydrogens (primary N) is 1. The molecule has 1 aliphatic rings. The summed E-state index contributed by atoms with van der Waals surface area (Å²) in [7, 11) is 0.